The molecule has 0 atom stereocenters. The molecule has 1 saturated heterocycles. The minimum atomic E-state index is -0.269. The van der Waals surface area contributed by atoms with E-state index in [9.17, 15) is 4.79 Å². The van der Waals surface area contributed by atoms with Crippen molar-refractivity contribution in [3.8, 4) is 11.4 Å². The van der Waals surface area contributed by atoms with Gasteiger partial charge in [0.05, 0.1) is 19.0 Å². The molecule has 3 heterocycles. The number of aromatic nitrogens is 4. The zero-order valence-corrected chi connectivity index (χ0v) is 20.8. The molecule has 0 bridgehead atoms. The third-order valence-electron chi connectivity index (χ3n) is 6.36. The Hall–Kier alpha value is -4.28. The molecule has 10 nitrogen and oxygen atoms in total. The van der Waals surface area contributed by atoms with E-state index in [1.54, 1.807) is 13.3 Å². The van der Waals surface area contributed by atoms with E-state index in [4.69, 9.17) is 4.74 Å². The maximum absolute atomic E-state index is 11.7. The summed E-state index contributed by atoms with van der Waals surface area (Å²) in [6.45, 7) is 9.34. The summed E-state index contributed by atoms with van der Waals surface area (Å²) in [6, 6.07) is 15.8. The first-order chi connectivity index (χ1) is 18.1. The second-order valence-corrected chi connectivity index (χ2v) is 8.79. The van der Waals surface area contributed by atoms with Crippen molar-refractivity contribution in [2.45, 2.75) is 0 Å². The van der Waals surface area contributed by atoms with Gasteiger partial charge in [-0.25, -0.2) is 4.98 Å². The molecule has 2 N–H and O–H groups in total. The van der Waals surface area contributed by atoms with Gasteiger partial charge in [0.1, 0.15) is 5.82 Å². The number of ether oxygens (including phenoxy) is 1. The first-order valence-corrected chi connectivity index (χ1v) is 12.2. The fraction of sp³-hybridized carbons (Fsp3) is 0.259. The number of nitrogens with one attached hydrogen (secondary N) is 2. The lowest BCUT2D eigenvalue weighted by atomic mass is 10.2. The number of rotatable bonds is 9. The summed E-state index contributed by atoms with van der Waals surface area (Å²) in [5.74, 6) is 1.05. The van der Waals surface area contributed by atoms with Crippen LogP contribution in [0.1, 0.15) is 0 Å². The first kappa shape index (κ1) is 24.4. The number of amides is 1. The van der Waals surface area contributed by atoms with Crippen LogP contribution in [0.25, 0.3) is 17.0 Å². The van der Waals surface area contributed by atoms with Crippen molar-refractivity contribution in [2.75, 3.05) is 62.0 Å². The number of methoxy groups -OCH3 is 1. The zero-order chi connectivity index (χ0) is 25.6. The number of fused-ring (bicyclic) bond motifs is 1. The van der Waals surface area contributed by atoms with E-state index in [1.807, 2.05) is 34.9 Å². The molecule has 1 aliphatic rings. The zero-order valence-electron chi connectivity index (χ0n) is 20.8. The summed E-state index contributed by atoms with van der Waals surface area (Å²) in [7, 11) is 1.75. The molecule has 2 aromatic heterocycles. The molecule has 0 unspecified atom stereocenters. The van der Waals surface area contributed by atoms with Crippen LogP contribution in [-0.4, -0.2) is 76.8 Å². The third kappa shape index (κ3) is 5.76. The Morgan fingerprint density at radius 1 is 1.08 bits per heavy atom. The van der Waals surface area contributed by atoms with Gasteiger partial charge in [0.2, 0.25) is 5.91 Å². The van der Waals surface area contributed by atoms with Gasteiger partial charge in [0.25, 0.3) is 0 Å². The van der Waals surface area contributed by atoms with Gasteiger partial charge in [-0.05, 0) is 42.5 Å². The van der Waals surface area contributed by atoms with Gasteiger partial charge in [-0.1, -0.05) is 18.7 Å². The first-order valence-electron chi connectivity index (χ1n) is 12.2. The molecule has 10 heteroatoms. The lowest BCUT2D eigenvalue weighted by molar-refractivity contribution is -0.111. The highest BCUT2D eigenvalue weighted by atomic mass is 16.5. The Morgan fingerprint density at radius 3 is 2.65 bits per heavy atom. The summed E-state index contributed by atoms with van der Waals surface area (Å²) in [6.07, 6.45) is 4.78. The Labute approximate surface area is 215 Å². The molecular weight excluding hydrogens is 468 g/mol. The van der Waals surface area contributed by atoms with Crippen LogP contribution in [0.4, 0.5) is 22.9 Å². The minimum absolute atomic E-state index is 0.269. The summed E-state index contributed by atoms with van der Waals surface area (Å²) in [5, 5.41) is 14.7. The van der Waals surface area contributed by atoms with Crippen LogP contribution in [0.3, 0.4) is 0 Å². The molecule has 1 amide bonds. The molecule has 4 aromatic rings. The summed E-state index contributed by atoms with van der Waals surface area (Å²) in [5.41, 5.74) is 4.25. The number of carbonyl (C=O) groups is 1. The van der Waals surface area contributed by atoms with E-state index >= 15 is 0 Å². The number of carbonyl (C=O) groups excluding carboxylic acids is 1. The largest absolute Gasteiger partial charge is 0.383 e. The predicted octanol–water partition coefficient (Wildman–Crippen LogP) is 3.43. The maximum atomic E-state index is 11.7. The Bertz CT molecular complexity index is 1380. The molecule has 2 aromatic carbocycles. The molecule has 5 rings (SSSR count). The van der Waals surface area contributed by atoms with Crippen LogP contribution in [0.2, 0.25) is 0 Å². The highest BCUT2D eigenvalue weighted by Crippen LogP contribution is 2.25. The highest BCUT2D eigenvalue weighted by Gasteiger charge is 2.17. The van der Waals surface area contributed by atoms with Gasteiger partial charge < -0.3 is 20.3 Å². The normalized spacial score (nSPS) is 14.0. The molecule has 37 heavy (non-hydrogen) atoms. The molecular formula is C27H30N8O2. The molecule has 0 radical (unpaired) electrons. The van der Waals surface area contributed by atoms with Crippen LogP contribution in [0, 0.1) is 0 Å². The minimum Gasteiger partial charge on any atom is -0.383 e. The number of hydrogen-bond donors (Lipinski definition) is 2. The van der Waals surface area contributed by atoms with Crippen molar-refractivity contribution >= 4 is 34.4 Å². The number of piperazine rings is 1. The van der Waals surface area contributed by atoms with Crippen LogP contribution in [0.5, 0.6) is 0 Å². The van der Waals surface area contributed by atoms with Crippen molar-refractivity contribution in [3.05, 3.63) is 73.6 Å². The van der Waals surface area contributed by atoms with Gasteiger partial charge >= 0.3 is 0 Å². The van der Waals surface area contributed by atoms with E-state index in [1.165, 1.54) is 11.8 Å². The van der Waals surface area contributed by atoms with Gasteiger partial charge in [0, 0.05) is 62.5 Å². The quantitative estimate of drug-likeness (QED) is 0.339. The highest BCUT2D eigenvalue weighted by molar-refractivity contribution is 5.99. The average Bonchev–Trinajstić information content (AvgIpc) is 3.36. The van der Waals surface area contributed by atoms with Crippen LogP contribution in [0.15, 0.2) is 73.6 Å². The summed E-state index contributed by atoms with van der Waals surface area (Å²) in [4.78, 5) is 21.0. The van der Waals surface area contributed by atoms with Gasteiger partial charge in [-0.15, -0.1) is 10.2 Å². The van der Waals surface area contributed by atoms with Crippen molar-refractivity contribution in [2.24, 2.45) is 0 Å². The fourth-order valence-electron chi connectivity index (χ4n) is 4.35. The monoisotopic (exact) mass is 498 g/mol. The lowest BCUT2D eigenvalue weighted by Gasteiger charge is -2.36. The third-order valence-corrected chi connectivity index (χ3v) is 6.36. The Morgan fingerprint density at radius 2 is 1.89 bits per heavy atom. The number of nitrogens with zero attached hydrogens (tertiary/aromatic N) is 6. The fourth-order valence-corrected chi connectivity index (χ4v) is 4.35. The van der Waals surface area contributed by atoms with Gasteiger partial charge in [-0.3, -0.25) is 14.1 Å². The van der Waals surface area contributed by atoms with Crippen LogP contribution < -0.4 is 15.5 Å². The van der Waals surface area contributed by atoms with Crippen molar-refractivity contribution in [3.63, 3.8) is 0 Å². The number of benzene rings is 2. The topological polar surface area (TPSA) is 99.9 Å². The van der Waals surface area contributed by atoms with Crippen LogP contribution >= 0.6 is 0 Å². The van der Waals surface area contributed by atoms with E-state index in [-0.39, 0.29) is 5.91 Å². The SMILES string of the molecule is C=CC(=O)Nc1cccc(-c2nnc3cnc(Nc4ccc(N5CCN(CCOC)CC5)cc4)cn23)c1. The molecule has 1 aliphatic heterocycles. The van der Waals surface area contributed by atoms with Gasteiger partial charge in [0.15, 0.2) is 11.5 Å². The lowest BCUT2D eigenvalue weighted by Crippen LogP contribution is -2.47. The number of hydrogen-bond acceptors (Lipinski definition) is 8. The molecule has 0 spiro atoms. The second kappa shape index (κ2) is 11.2. The van der Waals surface area contributed by atoms with Crippen molar-refractivity contribution < 1.29 is 9.53 Å². The van der Waals surface area contributed by atoms with Crippen LogP contribution in [-0.2, 0) is 9.53 Å². The standard InChI is InChI=1S/C27H30N8O2/c1-3-26(36)30-22-6-4-5-20(17-22)27-32-31-25-18-28-24(19-35(25)27)29-21-7-9-23(10-8-21)34-13-11-33(12-14-34)15-16-37-2/h3-10,17-19,29H,1,11-16H2,2H3,(H,30,36). The van der Waals surface area contributed by atoms with Crippen molar-refractivity contribution in [1.29, 1.82) is 0 Å². The molecule has 0 aliphatic carbocycles. The Kier molecular flexibility index (Phi) is 7.38. The molecule has 190 valence electrons. The maximum Gasteiger partial charge on any atom is 0.247 e. The predicted molar refractivity (Wildman–Crippen MR) is 145 cm³/mol. The summed E-state index contributed by atoms with van der Waals surface area (Å²) >= 11 is 0. The summed E-state index contributed by atoms with van der Waals surface area (Å²) < 4.78 is 7.07. The average molecular weight is 499 g/mol. The smallest absolute Gasteiger partial charge is 0.247 e. The van der Waals surface area contributed by atoms with Crippen molar-refractivity contribution in [1.82, 2.24) is 24.5 Å². The van der Waals surface area contributed by atoms with Gasteiger partial charge in [-0.2, -0.15) is 0 Å². The molecule has 1 fully saturated rings. The van der Waals surface area contributed by atoms with E-state index in [2.05, 4.69) is 66.5 Å². The number of anilines is 4. The van der Waals surface area contributed by atoms with E-state index in [0.29, 0.717) is 23.0 Å². The van der Waals surface area contributed by atoms with E-state index < -0.39 is 0 Å². The van der Waals surface area contributed by atoms with E-state index in [0.717, 1.165) is 50.6 Å². The second-order valence-electron chi connectivity index (χ2n) is 8.79. The molecule has 0 saturated carbocycles. The Balaban J connectivity index is 1.28.